The maximum Gasteiger partial charge on any atom is 0.285 e. The topological polar surface area (TPSA) is 70.1 Å². The Morgan fingerprint density at radius 3 is 2.33 bits per heavy atom. The van der Waals surface area contributed by atoms with E-state index in [4.69, 9.17) is 0 Å². The first-order chi connectivity index (χ1) is 14.2. The molecule has 30 heavy (non-hydrogen) atoms. The van der Waals surface area contributed by atoms with Gasteiger partial charge < -0.3 is 9.80 Å². The van der Waals surface area contributed by atoms with Gasteiger partial charge in [0.25, 0.3) is 10.0 Å². The second-order valence-corrected chi connectivity index (χ2v) is 10.1. The first kappa shape index (κ1) is 22.5. The summed E-state index contributed by atoms with van der Waals surface area (Å²) in [5.74, 6) is 1.11. The molecule has 1 fully saturated rings. The Morgan fingerprint density at radius 2 is 1.73 bits per heavy atom. The molecule has 1 aromatic rings. The lowest BCUT2D eigenvalue weighted by atomic mass is 10.0. The van der Waals surface area contributed by atoms with E-state index in [2.05, 4.69) is 18.2 Å². The van der Waals surface area contributed by atoms with Gasteiger partial charge in [-0.05, 0) is 36.8 Å². The van der Waals surface area contributed by atoms with Gasteiger partial charge in [-0.1, -0.05) is 52.0 Å². The van der Waals surface area contributed by atoms with Crippen molar-refractivity contribution in [3.63, 3.8) is 0 Å². The van der Waals surface area contributed by atoms with Crippen LogP contribution in [-0.4, -0.2) is 56.1 Å². The molecule has 7 heteroatoms. The summed E-state index contributed by atoms with van der Waals surface area (Å²) in [7, 11) is -3.73. The van der Waals surface area contributed by atoms with E-state index in [9.17, 15) is 13.2 Å². The zero-order valence-corrected chi connectivity index (χ0v) is 19.5. The zero-order valence-electron chi connectivity index (χ0n) is 18.7. The molecule has 1 atom stereocenters. The van der Waals surface area contributed by atoms with Crippen LogP contribution in [0.3, 0.4) is 0 Å². The van der Waals surface area contributed by atoms with E-state index in [-0.39, 0.29) is 11.8 Å². The second kappa shape index (κ2) is 8.92. The van der Waals surface area contributed by atoms with Crippen LogP contribution in [0.2, 0.25) is 0 Å². The number of benzene rings is 1. The van der Waals surface area contributed by atoms with Crippen molar-refractivity contribution in [1.82, 2.24) is 9.80 Å². The molecular weight excluding hydrogens is 398 g/mol. The third-order valence-corrected chi connectivity index (χ3v) is 7.59. The van der Waals surface area contributed by atoms with Crippen LogP contribution in [0.4, 0.5) is 0 Å². The van der Waals surface area contributed by atoms with Gasteiger partial charge in [0.15, 0.2) is 0 Å². The lowest BCUT2D eigenvalue weighted by Crippen LogP contribution is -2.39. The lowest BCUT2D eigenvalue weighted by molar-refractivity contribution is -0.134. The predicted octanol–water partition coefficient (Wildman–Crippen LogP) is 3.86. The van der Waals surface area contributed by atoms with Gasteiger partial charge in [0.05, 0.1) is 0 Å². The highest BCUT2D eigenvalue weighted by Crippen LogP contribution is 2.34. The second-order valence-electron chi connectivity index (χ2n) is 8.60. The fourth-order valence-corrected chi connectivity index (χ4v) is 5.52. The van der Waals surface area contributed by atoms with Crippen molar-refractivity contribution in [3.05, 3.63) is 41.0 Å². The molecule has 2 aliphatic heterocycles. The van der Waals surface area contributed by atoms with Crippen molar-refractivity contribution in [3.8, 4) is 0 Å². The van der Waals surface area contributed by atoms with Crippen LogP contribution in [0.5, 0.6) is 0 Å². The fourth-order valence-electron chi connectivity index (χ4n) is 4.04. The number of carbonyl (C=O) groups excluding carboxylic acids is 1. The van der Waals surface area contributed by atoms with Crippen molar-refractivity contribution in [2.45, 2.75) is 53.4 Å². The summed E-state index contributed by atoms with van der Waals surface area (Å²) in [5.41, 5.74) is 2.54. The van der Waals surface area contributed by atoms with Crippen LogP contribution >= 0.6 is 0 Å². The Balaban J connectivity index is 1.84. The summed E-state index contributed by atoms with van der Waals surface area (Å²) in [4.78, 5) is 16.8. The smallest absolute Gasteiger partial charge is 0.285 e. The molecule has 1 saturated heterocycles. The highest BCUT2D eigenvalue weighted by Gasteiger charge is 2.34. The average molecular weight is 432 g/mol. The molecule has 0 spiro atoms. The standard InChI is InChI=1S/C23H33N3O3S/c1-6-17(4)23(27)26-13-7-12-25(14-15-26)22-18(5)21(30(28,29)24-22)20-10-8-19(9-11-20)16(2)3/h8-11,16-17H,6-7,12-15H2,1-5H3/t17-/m1/s1. The summed E-state index contributed by atoms with van der Waals surface area (Å²) in [6.07, 6.45) is 1.62. The van der Waals surface area contributed by atoms with Crippen molar-refractivity contribution < 1.29 is 13.2 Å². The number of nitrogens with zero attached hydrogens (tertiary/aromatic N) is 3. The van der Waals surface area contributed by atoms with E-state index in [1.807, 2.05) is 54.8 Å². The monoisotopic (exact) mass is 431 g/mol. The minimum atomic E-state index is -3.73. The molecule has 0 unspecified atom stereocenters. The Hall–Kier alpha value is -2.15. The van der Waals surface area contributed by atoms with Crippen LogP contribution in [0.1, 0.15) is 64.5 Å². The highest BCUT2D eigenvalue weighted by atomic mass is 32.2. The molecule has 6 nitrogen and oxygen atoms in total. The molecule has 2 heterocycles. The van der Waals surface area contributed by atoms with Crippen molar-refractivity contribution in [2.75, 3.05) is 26.2 Å². The third-order valence-electron chi connectivity index (χ3n) is 6.12. The molecule has 0 radical (unpaired) electrons. The van der Waals surface area contributed by atoms with Gasteiger partial charge >= 0.3 is 0 Å². The van der Waals surface area contributed by atoms with E-state index in [0.717, 1.165) is 12.8 Å². The molecule has 0 aromatic heterocycles. The zero-order chi connectivity index (χ0) is 22.1. The molecule has 0 saturated carbocycles. The quantitative estimate of drug-likeness (QED) is 0.726. The van der Waals surface area contributed by atoms with Crippen LogP contribution < -0.4 is 0 Å². The predicted molar refractivity (Wildman–Crippen MR) is 122 cm³/mol. The average Bonchev–Trinajstić information content (AvgIpc) is 2.87. The van der Waals surface area contributed by atoms with E-state index >= 15 is 0 Å². The number of amides is 1. The fraction of sp³-hybridized carbons (Fsp3) is 0.565. The first-order valence-corrected chi connectivity index (χ1v) is 12.3. The first-order valence-electron chi connectivity index (χ1n) is 10.9. The minimum absolute atomic E-state index is 0.0165. The summed E-state index contributed by atoms with van der Waals surface area (Å²) in [6.45, 7) is 12.6. The van der Waals surface area contributed by atoms with E-state index in [1.165, 1.54) is 5.56 Å². The van der Waals surface area contributed by atoms with Gasteiger partial charge in [-0.15, -0.1) is 4.40 Å². The van der Waals surface area contributed by atoms with Gasteiger partial charge in [0, 0.05) is 37.7 Å². The van der Waals surface area contributed by atoms with Crippen LogP contribution in [0.25, 0.3) is 4.91 Å². The number of amidine groups is 1. The molecule has 2 aliphatic rings. The molecule has 164 valence electrons. The minimum Gasteiger partial charge on any atom is -0.354 e. The lowest BCUT2D eigenvalue weighted by Gasteiger charge is -2.25. The molecule has 0 bridgehead atoms. The molecule has 0 N–H and O–H groups in total. The van der Waals surface area contributed by atoms with E-state index < -0.39 is 10.0 Å². The Morgan fingerprint density at radius 1 is 1.07 bits per heavy atom. The summed E-state index contributed by atoms with van der Waals surface area (Å²) in [5, 5.41) is 0. The molecule has 1 amide bonds. The van der Waals surface area contributed by atoms with Crippen molar-refractivity contribution >= 4 is 26.7 Å². The van der Waals surface area contributed by atoms with Gasteiger partial charge in [-0.25, -0.2) is 0 Å². The maximum absolute atomic E-state index is 12.9. The number of carbonyl (C=O) groups is 1. The van der Waals surface area contributed by atoms with Crippen molar-refractivity contribution in [2.24, 2.45) is 10.3 Å². The largest absolute Gasteiger partial charge is 0.354 e. The normalized spacial score (nSPS) is 20.4. The SMILES string of the molecule is CC[C@@H](C)C(=O)N1CCCN(C2=NS(=O)(=O)C(c3ccc(C(C)C)cc3)=C2C)CC1. The van der Waals surface area contributed by atoms with E-state index in [0.29, 0.717) is 54.0 Å². The van der Waals surface area contributed by atoms with E-state index in [1.54, 1.807) is 0 Å². The number of hydrogen-bond donors (Lipinski definition) is 0. The van der Waals surface area contributed by atoms with Crippen LogP contribution in [0, 0.1) is 5.92 Å². The molecule has 0 aliphatic carbocycles. The van der Waals surface area contributed by atoms with Gasteiger partial charge in [-0.2, -0.15) is 8.42 Å². The number of sulfonamides is 1. The Labute approximate surface area is 180 Å². The van der Waals surface area contributed by atoms with Gasteiger partial charge in [0.2, 0.25) is 5.91 Å². The van der Waals surface area contributed by atoms with Crippen LogP contribution in [0.15, 0.2) is 34.2 Å². The maximum atomic E-state index is 12.9. The molecule has 1 aromatic carbocycles. The molecule has 3 rings (SSSR count). The van der Waals surface area contributed by atoms with Gasteiger partial charge in [-0.3, -0.25) is 4.79 Å². The Bertz CT molecular complexity index is 962. The number of hydrogen-bond acceptors (Lipinski definition) is 4. The summed E-state index contributed by atoms with van der Waals surface area (Å²) < 4.78 is 29.9. The third kappa shape index (κ3) is 4.46. The Kier molecular flexibility index (Phi) is 6.70. The highest BCUT2D eigenvalue weighted by molar-refractivity contribution is 8.00. The number of rotatable bonds is 4. The van der Waals surface area contributed by atoms with Crippen LogP contribution in [-0.2, 0) is 14.8 Å². The van der Waals surface area contributed by atoms with Crippen molar-refractivity contribution in [1.29, 1.82) is 0 Å². The summed E-state index contributed by atoms with van der Waals surface area (Å²) >= 11 is 0. The van der Waals surface area contributed by atoms with Gasteiger partial charge in [0.1, 0.15) is 10.7 Å². The summed E-state index contributed by atoms with van der Waals surface area (Å²) in [6, 6.07) is 7.72. The molecular formula is C23H33N3O3S.